The van der Waals surface area contributed by atoms with Gasteiger partial charge in [-0.1, -0.05) is 182 Å². The summed E-state index contributed by atoms with van der Waals surface area (Å²) in [5.74, 6) is 2.05. The summed E-state index contributed by atoms with van der Waals surface area (Å²) < 4.78 is 23.1. The average Bonchev–Trinajstić information content (AvgIpc) is 3.22. The fraction of sp³-hybridized carbons (Fsp3) is 0.961. The second-order valence-electron chi connectivity index (χ2n) is 18.1. The summed E-state index contributed by atoms with van der Waals surface area (Å²) in [5, 5.41) is 0. The van der Waals surface area contributed by atoms with Crippen molar-refractivity contribution in [2.45, 2.75) is 240 Å². The molecule has 0 saturated carbocycles. The summed E-state index contributed by atoms with van der Waals surface area (Å²) in [7, 11) is 0. The minimum atomic E-state index is 0.00122. The zero-order valence-corrected chi connectivity index (χ0v) is 39.3. The highest BCUT2D eigenvalue weighted by atomic mass is 16.5. The molecule has 0 radical (unpaired) electrons. The Morgan fingerprint density at radius 2 is 0.828 bits per heavy atom. The van der Waals surface area contributed by atoms with Gasteiger partial charge in [0.1, 0.15) is 0 Å². The number of hydrogen-bond donors (Lipinski definition) is 0. The van der Waals surface area contributed by atoms with Crippen molar-refractivity contribution in [3.63, 3.8) is 0 Å². The number of carbonyl (C=O) groups excluding carboxylic acids is 2. The van der Waals surface area contributed by atoms with Crippen LogP contribution in [-0.2, 0) is 28.5 Å². The third kappa shape index (κ3) is 35.6. The van der Waals surface area contributed by atoms with Gasteiger partial charge >= 0.3 is 11.9 Å². The SMILES string of the molecule is CCCCCC(CCCCC)CCOC(=O)CCCCCCCC(CCCCCCCC(=O)OCCC(CCCCC)CCCCC)COCCCN1CCOCC1. The van der Waals surface area contributed by atoms with Crippen LogP contribution in [-0.4, -0.2) is 76.1 Å². The highest BCUT2D eigenvalue weighted by molar-refractivity contribution is 5.69. The molecule has 344 valence electrons. The molecule has 0 amide bonds. The first-order chi connectivity index (χ1) is 28.5. The first-order valence-corrected chi connectivity index (χ1v) is 25.7. The van der Waals surface area contributed by atoms with Gasteiger partial charge < -0.3 is 18.9 Å². The zero-order valence-electron chi connectivity index (χ0n) is 39.3. The monoisotopic (exact) mass is 822 g/mol. The summed E-state index contributed by atoms with van der Waals surface area (Å²) in [6, 6.07) is 0. The molecule has 0 bridgehead atoms. The second-order valence-corrected chi connectivity index (χ2v) is 18.1. The third-order valence-corrected chi connectivity index (χ3v) is 12.6. The van der Waals surface area contributed by atoms with Gasteiger partial charge in [0.15, 0.2) is 0 Å². The van der Waals surface area contributed by atoms with Crippen molar-refractivity contribution < 1.29 is 28.5 Å². The zero-order chi connectivity index (χ0) is 42.0. The second kappa shape index (κ2) is 42.5. The predicted molar refractivity (Wildman–Crippen MR) is 246 cm³/mol. The van der Waals surface area contributed by atoms with Crippen molar-refractivity contribution in [1.29, 1.82) is 0 Å². The van der Waals surface area contributed by atoms with Crippen LogP contribution in [0.3, 0.4) is 0 Å². The van der Waals surface area contributed by atoms with E-state index in [2.05, 4.69) is 32.6 Å². The van der Waals surface area contributed by atoms with E-state index < -0.39 is 0 Å². The molecular formula is C51H99NO6. The molecule has 58 heavy (non-hydrogen) atoms. The number of esters is 2. The maximum Gasteiger partial charge on any atom is 0.305 e. The summed E-state index contributed by atoms with van der Waals surface area (Å²) in [6.07, 6.45) is 38.9. The molecule has 0 atom stereocenters. The van der Waals surface area contributed by atoms with Gasteiger partial charge in [-0.25, -0.2) is 0 Å². The molecule has 1 heterocycles. The molecule has 0 aliphatic carbocycles. The van der Waals surface area contributed by atoms with Crippen LogP contribution in [0.5, 0.6) is 0 Å². The summed E-state index contributed by atoms with van der Waals surface area (Å²) in [4.78, 5) is 27.4. The fourth-order valence-corrected chi connectivity index (χ4v) is 8.66. The van der Waals surface area contributed by atoms with E-state index in [9.17, 15) is 9.59 Å². The van der Waals surface area contributed by atoms with Crippen LogP contribution in [0.2, 0.25) is 0 Å². The summed E-state index contributed by atoms with van der Waals surface area (Å²) in [5.41, 5.74) is 0. The Morgan fingerprint density at radius 3 is 1.26 bits per heavy atom. The standard InChI is InChI=1S/C51H99NO6/c1-5-9-19-28-47(29-20-10-6-2)36-42-57-50(53)34-25-17-13-15-23-32-49(46-56-41-27-38-52-39-44-55-45-40-52)33-24-16-14-18-26-35-51(54)58-43-37-48(30-21-11-7-3)31-22-12-8-4/h47-49H,5-46H2,1-4H3. The van der Waals surface area contributed by atoms with Crippen LogP contribution in [0.1, 0.15) is 240 Å². The number of unbranched alkanes of at least 4 members (excludes halogenated alkanes) is 16. The minimum Gasteiger partial charge on any atom is -0.466 e. The number of rotatable bonds is 44. The Kier molecular flexibility index (Phi) is 40.2. The van der Waals surface area contributed by atoms with Crippen LogP contribution in [0, 0.1) is 17.8 Å². The maximum atomic E-state index is 12.4. The van der Waals surface area contributed by atoms with E-state index in [1.54, 1.807) is 0 Å². The van der Waals surface area contributed by atoms with Crippen molar-refractivity contribution in [2.24, 2.45) is 17.8 Å². The normalized spacial score (nSPS) is 13.6. The van der Waals surface area contributed by atoms with Crippen LogP contribution in [0.25, 0.3) is 0 Å². The lowest BCUT2D eigenvalue weighted by atomic mass is 9.92. The summed E-state index contributed by atoms with van der Waals surface area (Å²) >= 11 is 0. The molecule has 1 rings (SSSR count). The lowest BCUT2D eigenvalue weighted by Gasteiger charge is -2.26. The van der Waals surface area contributed by atoms with Gasteiger partial charge in [0.25, 0.3) is 0 Å². The smallest absolute Gasteiger partial charge is 0.305 e. The van der Waals surface area contributed by atoms with Crippen LogP contribution >= 0.6 is 0 Å². The molecule has 0 aromatic carbocycles. The van der Waals surface area contributed by atoms with E-state index in [0.29, 0.717) is 43.8 Å². The van der Waals surface area contributed by atoms with Crippen molar-refractivity contribution in [1.82, 2.24) is 4.90 Å². The highest BCUT2D eigenvalue weighted by Crippen LogP contribution is 2.24. The Morgan fingerprint density at radius 1 is 0.448 bits per heavy atom. The largest absolute Gasteiger partial charge is 0.466 e. The molecule has 1 fully saturated rings. The van der Waals surface area contributed by atoms with Gasteiger partial charge in [0, 0.05) is 45.7 Å². The number of carbonyl (C=O) groups is 2. The molecule has 7 heteroatoms. The Hall–Kier alpha value is -1.18. The molecule has 0 N–H and O–H groups in total. The van der Waals surface area contributed by atoms with E-state index in [1.807, 2.05) is 0 Å². The first-order valence-electron chi connectivity index (χ1n) is 25.7. The minimum absolute atomic E-state index is 0.00122. The molecule has 0 aromatic heterocycles. The van der Waals surface area contributed by atoms with Gasteiger partial charge in [-0.05, 0) is 62.7 Å². The van der Waals surface area contributed by atoms with E-state index in [4.69, 9.17) is 18.9 Å². The molecule has 1 saturated heterocycles. The van der Waals surface area contributed by atoms with Crippen LogP contribution < -0.4 is 0 Å². The van der Waals surface area contributed by atoms with E-state index in [-0.39, 0.29) is 11.9 Å². The molecule has 1 aliphatic rings. The van der Waals surface area contributed by atoms with Crippen LogP contribution in [0.15, 0.2) is 0 Å². The number of morpholine rings is 1. The molecular weight excluding hydrogens is 723 g/mol. The van der Waals surface area contributed by atoms with Gasteiger partial charge in [-0.3, -0.25) is 14.5 Å². The number of hydrogen-bond acceptors (Lipinski definition) is 7. The van der Waals surface area contributed by atoms with Crippen molar-refractivity contribution in [3.05, 3.63) is 0 Å². The van der Waals surface area contributed by atoms with Crippen molar-refractivity contribution in [2.75, 3.05) is 59.3 Å². The fourth-order valence-electron chi connectivity index (χ4n) is 8.66. The molecule has 7 nitrogen and oxygen atoms in total. The van der Waals surface area contributed by atoms with Crippen molar-refractivity contribution >= 4 is 11.9 Å². The molecule has 0 aromatic rings. The van der Waals surface area contributed by atoms with Gasteiger partial charge in [-0.2, -0.15) is 0 Å². The molecule has 0 spiro atoms. The van der Waals surface area contributed by atoms with E-state index in [0.717, 1.165) is 91.0 Å². The maximum absolute atomic E-state index is 12.4. The quantitative estimate of drug-likeness (QED) is 0.0447. The van der Waals surface area contributed by atoms with E-state index in [1.165, 1.54) is 154 Å². The van der Waals surface area contributed by atoms with Gasteiger partial charge in [-0.15, -0.1) is 0 Å². The Balaban J connectivity index is 2.27. The molecule has 0 unspecified atom stereocenters. The van der Waals surface area contributed by atoms with Gasteiger partial charge in [0.2, 0.25) is 0 Å². The topological polar surface area (TPSA) is 74.3 Å². The highest BCUT2D eigenvalue weighted by Gasteiger charge is 2.14. The van der Waals surface area contributed by atoms with Gasteiger partial charge in [0.05, 0.1) is 26.4 Å². The summed E-state index contributed by atoms with van der Waals surface area (Å²) in [6.45, 7) is 16.9. The lowest BCUT2D eigenvalue weighted by molar-refractivity contribution is -0.145. The molecule has 1 aliphatic heterocycles. The number of nitrogens with zero attached hydrogens (tertiary/aromatic N) is 1. The van der Waals surface area contributed by atoms with E-state index >= 15 is 0 Å². The van der Waals surface area contributed by atoms with Crippen molar-refractivity contribution in [3.8, 4) is 0 Å². The Bertz CT molecular complexity index is 803. The van der Waals surface area contributed by atoms with Crippen LogP contribution in [0.4, 0.5) is 0 Å². The predicted octanol–water partition coefficient (Wildman–Crippen LogP) is 14.2. The lowest BCUT2D eigenvalue weighted by Crippen LogP contribution is -2.37. The third-order valence-electron chi connectivity index (χ3n) is 12.6. The number of ether oxygens (including phenoxy) is 4. The first kappa shape index (κ1) is 54.8. The average molecular weight is 822 g/mol. The Labute approximate surface area is 361 Å².